The molecule has 0 N–H and O–H groups in total. The molecule has 0 saturated heterocycles. The molecule has 2 aliphatic rings. The lowest BCUT2D eigenvalue weighted by molar-refractivity contribution is 0.0223. The van der Waals surface area contributed by atoms with E-state index in [0.717, 1.165) is 24.4 Å². The molecule has 0 bridgehead atoms. The Morgan fingerprint density at radius 2 is 1.50 bits per heavy atom. The van der Waals surface area contributed by atoms with Gasteiger partial charge in [-0.3, -0.25) is 0 Å². The van der Waals surface area contributed by atoms with E-state index in [1.54, 1.807) is 0 Å². The third kappa shape index (κ3) is 5.82. The third-order valence-electron chi connectivity index (χ3n) is 6.37. The first-order valence-corrected chi connectivity index (χ1v) is 11.2. The number of halogens is 1. The van der Waals surface area contributed by atoms with Crippen molar-refractivity contribution in [2.24, 2.45) is 11.8 Å². The van der Waals surface area contributed by atoms with Crippen molar-refractivity contribution in [3.8, 4) is 0 Å². The van der Waals surface area contributed by atoms with Gasteiger partial charge in [0.15, 0.2) is 0 Å². The summed E-state index contributed by atoms with van der Waals surface area (Å²) < 4.78 is 7.21. The van der Waals surface area contributed by atoms with Gasteiger partial charge in [-0.25, -0.2) is 0 Å². The largest absolute Gasteiger partial charge is 0.374 e. The Hall–Kier alpha value is -0.860. The maximum absolute atomic E-state index is 6.03. The lowest BCUT2D eigenvalue weighted by Gasteiger charge is -2.38. The SMILES string of the molecule is CC=CC=CCOC1CCC(C2CCC(c3ccc(Br)cc3)CC2)CC1. The molecule has 0 amide bonds. The fourth-order valence-electron chi connectivity index (χ4n) is 4.82. The molecule has 2 aliphatic carbocycles. The summed E-state index contributed by atoms with van der Waals surface area (Å²) in [5.74, 6) is 2.68. The minimum absolute atomic E-state index is 0.487. The predicted octanol–water partition coefficient (Wildman–Crippen LogP) is 7.43. The molecular formula is C24H33BrO. The Morgan fingerprint density at radius 3 is 2.12 bits per heavy atom. The second-order valence-electron chi connectivity index (χ2n) is 7.99. The van der Waals surface area contributed by atoms with Gasteiger partial charge in [-0.15, -0.1) is 0 Å². The van der Waals surface area contributed by atoms with Crippen LogP contribution < -0.4 is 0 Å². The van der Waals surface area contributed by atoms with Crippen molar-refractivity contribution < 1.29 is 4.74 Å². The van der Waals surface area contributed by atoms with E-state index in [-0.39, 0.29) is 0 Å². The highest BCUT2D eigenvalue weighted by Crippen LogP contribution is 2.43. The van der Waals surface area contributed by atoms with Crippen molar-refractivity contribution in [1.82, 2.24) is 0 Å². The highest BCUT2D eigenvalue weighted by molar-refractivity contribution is 9.10. The van der Waals surface area contributed by atoms with Crippen LogP contribution in [0.2, 0.25) is 0 Å². The first-order valence-electron chi connectivity index (χ1n) is 10.4. The summed E-state index contributed by atoms with van der Waals surface area (Å²) in [7, 11) is 0. The summed E-state index contributed by atoms with van der Waals surface area (Å²) in [6.07, 6.45) is 19.6. The number of hydrogen-bond donors (Lipinski definition) is 0. The predicted molar refractivity (Wildman–Crippen MR) is 114 cm³/mol. The van der Waals surface area contributed by atoms with Crippen molar-refractivity contribution in [3.05, 3.63) is 58.6 Å². The Kier molecular flexibility index (Phi) is 8.01. The monoisotopic (exact) mass is 416 g/mol. The minimum Gasteiger partial charge on any atom is -0.374 e. The molecule has 2 saturated carbocycles. The first kappa shape index (κ1) is 19.9. The topological polar surface area (TPSA) is 9.23 Å². The average molecular weight is 417 g/mol. The standard InChI is InChI=1S/C24H33BrO/c1-2-3-4-5-18-26-24-16-12-22(13-17-24)20-8-6-19(7-9-20)21-10-14-23(25)15-11-21/h2-5,10-11,14-15,19-20,22,24H,6-9,12-13,16-18H2,1H3. The third-order valence-corrected chi connectivity index (χ3v) is 6.90. The van der Waals surface area contributed by atoms with E-state index in [9.17, 15) is 0 Å². The molecule has 1 aromatic carbocycles. The Labute approximate surface area is 168 Å². The summed E-state index contributed by atoms with van der Waals surface area (Å²) in [6.45, 7) is 2.80. The summed E-state index contributed by atoms with van der Waals surface area (Å²) in [4.78, 5) is 0. The fraction of sp³-hybridized carbons (Fsp3) is 0.583. The smallest absolute Gasteiger partial charge is 0.0654 e. The summed E-state index contributed by atoms with van der Waals surface area (Å²) in [6, 6.07) is 9.00. The molecule has 26 heavy (non-hydrogen) atoms. The van der Waals surface area contributed by atoms with Gasteiger partial charge in [0.25, 0.3) is 0 Å². The van der Waals surface area contributed by atoms with Crippen LogP contribution in [-0.2, 0) is 4.74 Å². The van der Waals surface area contributed by atoms with Crippen LogP contribution in [0.1, 0.15) is 69.8 Å². The second-order valence-corrected chi connectivity index (χ2v) is 8.90. The maximum Gasteiger partial charge on any atom is 0.0654 e. The molecule has 142 valence electrons. The van der Waals surface area contributed by atoms with E-state index in [2.05, 4.69) is 58.4 Å². The quantitative estimate of drug-likeness (QED) is 0.437. The molecule has 0 aromatic heterocycles. The van der Waals surface area contributed by atoms with Crippen LogP contribution in [0.4, 0.5) is 0 Å². The lowest BCUT2D eigenvalue weighted by atomic mass is 9.69. The van der Waals surface area contributed by atoms with Crippen LogP contribution in [0, 0.1) is 11.8 Å². The Morgan fingerprint density at radius 1 is 0.885 bits per heavy atom. The highest BCUT2D eigenvalue weighted by atomic mass is 79.9. The number of hydrogen-bond acceptors (Lipinski definition) is 1. The van der Waals surface area contributed by atoms with Gasteiger partial charge >= 0.3 is 0 Å². The van der Waals surface area contributed by atoms with Crippen molar-refractivity contribution >= 4 is 15.9 Å². The zero-order chi connectivity index (χ0) is 18.2. The summed E-state index contributed by atoms with van der Waals surface area (Å²) >= 11 is 3.55. The van der Waals surface area contributed by atoms with E-state index in [1.807, 2.05) is 13.0 Å². The van der Waals surface area contributed by atoms with Gasteiger partial charge in [0.2, 0.25) is 0 Å². The Balaban J connectivity index is 1.37. The summed E-state index contributed by atoms with van der Waals surface area (Å²) in [5, 5.41) is 0. The van der Waals surface area contributed by atoms with Crippen LogP contribution in [0.25, 0.3) is 0 Å². The van der Waals surface area contributed by atoms with Crippen LogP contribution in [0.15, 0.2) is 53.0 Å². The van der Waals surface area contributed by atoms with Crippen molar-refractivity contribution in [2.45, 2.75) is 70.3 Å². The molecule has 1 aromatic rings. The van der Waals surface area contributed by atoms with Gasteiger partial charge < -0.3 is 4.74 Å². The molecule has 0 spiro atoms. The van der Waals surface area contributed by atoms with E-state index < -0.39 is 0 Å². The molecule has 0 atom stereocenters. The molecule has 1 nitrogen and oxygen atoms in total. The molecule has 3 rings (SSSR count). The van der Waals surface area contributed by atoms with Gasteiger partial charge in [-0.2, -0.15) is 0 Å². The highest BCUT2D eigenvalue weighted by Gasteiger charge is 2.31. The maximum atomic E-state index is 6.03. The summed E-state index contributed by atoms with van der Waals surface area (Å²) in [5.41, 5.74) is 1.54. The zero-order valence-corrected chi connectivity index (χ0v) is 17.7. The van der Waals surface area contributed by atoms with Crippen LogP contribution in [0.5, 0.6) is 0 Å². The van der Waals surface area contributed by atoms with Crippen LogP contribution in [0.3, 0.4) is 0 Å². The number of rotatable bonds is 6. The minimum atomic E-state index is 0.487. The van der Waals surface area contributed by atoms with Gasteiger partial charge in [0.05, 0.1) is 12.7 Å². The fourth-order valence-corrected chi connectivity index (χ4v) is 5.09. The van der Waals surface area contributed by atoms with Crippen LogP contribution in [-0.4, -0.2) is 12.7 Å². The van der Waals surface area contributed by atoms with Crippen molar-refractivity contribution in [2.75, 3.05) is 6.61 Å². The number of ether oxygens (including phenoxy) is 1. The van der Waals surface area contributed by atoms with Gasteiger partial charge in [-0.05, 0) is 93.7 Å². The zero-order valence-electron chi connectivity index (χ0n) is 16.1. The van der Waals surface area contributed by atoms with E-state index in [4.69, 9.17) is 4.74 Å². The average Bonchev–Trinajstić information content (AvgIpc) is 2.69. The molecular weight excluding hydrogens is 384 g/mol. The molecule has 0 aliphatic heterocycles. The Bertz CT molecular complexity index is 573. The van der Waals surface area contributed by atoms with Gasteiger partial charge in [0.1, 0.15) is 0 Å². The molecule has 0 heterocycles. The lowest BCUT2D eigenvalue weighted by Crippen LogP contribution is -2.28. The van der Waals surface area contributed by atoms with E-state index in [1.165, 1.54) is 61.4 Å². The van der Waals surface area contributed by atoms with Crippen molar-refractivity contribution in [1.29, 1.82) is 0 Å². The normalized spacial score (nSPS) is 30.2. The second kappa shape index (κ2) is 10.5. The van der Waals surface area contributed by atoms with Gasteiger partial charge in [0, 0.05) is 4.47 Å². The van der Waals surface area contributed by atoms with E-state index in [0.29, 0.717) is 6.10 Å². The molecule has 0 radical (unpaired) electrons. The van der Waals surface area contributed by atoms with Gasteiger partial charge in [-0.1, -0.05) is 52.4 Å². The molecule has 0 unspecified atom stereocenters. The molecule has 2 fully saturated rings. The number of allylic oxidation sites excluding steroid dienone is 3. The van der Waals surface area contributed by atoms with Crippen LogP contribution >= 0.6 is 15.9 Å². The number of benzene rings is 1. The first-order chi connectivity index (χ1) is 12.8. The van der Waals surface area contributed by atoms with Crippen molar-refractivity contribution in [3.63, 3.8) is 0 Å². The molecule has 2 heteroatoms. The van der Waals surface area contributed by atoms with E-state index >= 15 is 0 Å².